The molecule has 2 saturated heterocycles. The van der Waals surface area contributed by atoms with Gasteiger partial charge in [0.25, 0.3) is 0 Å². The maximum absolute atomic E-state index is 12.0. The van der Waals surface area contributed by atoms with Crippen LogP contribution in [0.3, 0.4) is 0 Å². The minimum atomic E-state index is 0. The number of hydrogen-bond donors (Lipinski definition) is 2. The standard InChI is InChI=1S/C15H21N3O.ClH/c1-11-3-2-4-14(5-11)17-15(19)10-18-8-12-6-16-7-13(12)9-18;/h2-5,12-13,16H,6-10H2,1H3,(H,17,19);1H/t12-,13+;. The van der Waals surface area contributed by atoms with Crippen LogP contribution in [0.15, 0.2) is 24.3 Å². The van der Waals surface area contributed by atoms with E-state index in [0.717, 1.165) is 43.7 Å². The van der Waals surface area contributed by atoms with Gasteiger partial charge >= 0.3 is 0 Å². The summed E-state index contributed by atoms with van der Waals surface area (Å²) in [6, 6.07) is 7.94. The summed E-state index contributed by atoms with van der Waals surface area (Å²) in [5.74, 6) is 1.58. The van der Waals surface area contributed by atoms with Crippen LogP contribution in [0.2, 0.25) is 0 Å². The highest BCUT2D eigenvalue weighted by Crippen LogP contribution is 2.25. The Bertz CT molecular complexity index is 468. The summed E-state index contributed by atoms with van der Waals surface area (Å²) in [6.07, 6.45) is 0. The topological polar surface area (TPSA) is 44.4 Å². The summed E-state index contributed by atoms with van der Waals surface area (Å²) in [4.78, 5) is 14.3. The molecule has 0 aliphatic carbocycles. The summed E-state index contributed by atoms with van der Waals surface area (Å²) >= 11 is 0. The van der Waals surface area contributed by atoms with E-state index in [-0.39, 0.29) is 18.3 Å². The highest BCUT2D eigenvalue weighted by Gasteiger charge is 2.36. The van der Waals surface area contributed by atoms with Crippen LogP contribution in [0, 0.1) is 18.8 Å². The number of anilines is 1. The van der Waals surface area contributed by atoms with Gasteiger partial charge in [0, 0.05) is 18.8 Å². The molecule has 0 radical (unpaired) electrons. The third kappa shape index (κ3) is 3.51. The number of nitrogens with one attached hydrogen (secondary N) is 2. The zero-order valence-corrected chi connectivity index (χ0v) is 12.6. The third-order valence-corrected chi connectivity index (χ3v) is 4.13. The smallest absolute Gasteiger partial charge is 0.238 e. The van der Waals surface area contributed by atoms with Crippen LogP contribution in [0.4, 0.5) is 5.69 Å². The van der Waals surface area contributed by atoms with Crippen molar-refractivity contribution in [2.75, 3.05) is 38.0 Å². The van der Waals surface area contributed by atoms with E-state index >= 15 is 0 Å². The maximum atomic E-state index is 12.0. The molecule has 2 aliphatic heterocycles. The maximum Gasteiger partial charge on any atom is 0.238 e. The van der Waals surface area contributed by atoms with Gasteiger partial charge in [-0.05, 0) is 49.5 Å². The second-order valence-electron chi connectivity index (χ2n) is 5.79. The van der Waals surface area contributed by atoms with Crippen LogP contribution in [0.25, 0.3) is 0 Å². The van der Waals surface area contributed by atoms with Crippen LogP contribution in [-0.4, -0.2) is 43.5 Å². The van der Waals surface area contributed by atoms with Crippen molar-refractivity contribution >= 4 is 24.0 Å². The quantitative estimate of drug-likeness (QED) is 0.888. The molecule has 1 aromatic rings. The Morgan fingerprint density at radius 1 is 1.35 bits per heavy atom. The highest BCUT2D eigenvalue weighted by atomic mass is 35.5. The minimum Gasteiger partial charge on any atom is -0.325 e. The van der Waals surface area contributed by atoms with E-state index in [1.165, 1.54) is 5.56 Å². The largest absolute Gasteiger partial charge is 0.325 e. The Balaban J connectivity index is 0.00000147. The Morgan fingerprint density at radius 2 is 2.05 bits per heavy atom. The fourth-order valence-electron chi connectivity index (χ4n) is 3.21. The van der Waals surface area contributed by atoms with Gasteiger partial charge in [-0.3, -0.25) is 9.69 Å². The van der Waals surface area contributed by atoms with Crippen molar-refractivity contribution in [2.45, 2.75) is 6.92 Å². The van der Waals surface area contributed by atoms with Gasteiger partial charge in [0.15, 0.2) is 0 Å². The molecule has 20 heavy (non-hydrogen) atoms. The lowest BCUT2D eigenvalue weighted by molar-refractivity contribution is -0.117. The van der Waals surface area contributed by atoms with Gasteiger partial charge in [-0.2, -0.15) is 0 Å². The second kappa shape index (κ2) is 6.57. The van der Waals surface area contributed by atoms with E-state index in [4.69, 9.17) is 0 Å². The molecule has 0 bridgehead atoms. The summed E-state index contributed by atoms with van der Waals surface area (Å²) in [5.41, 5.74) is 2.06. The Labute approximate surface area is 126 Å². The normalized spacial score (nSPS) is 25.1. The van der Waals surface area contributed by atoms with Crippen molar-refractivity contribution in [3.05, 3.63) is 29.8 Å². The van der Waals surface area contributed by atoms with Gasteiger partial charge in [0.05, 0.1) is 6.54 Å². The Kier molecular flexibility index (Phi) is 5.02. The predicted octanol–water partition coefficient (Wildman–Crippen LogP) is 1.51. The van der Waals surface area contributed by atoms with Crippen molar-refractivity contribution in [1.29, 1.82) is 0 Å². The zero-order chi connectivity index (χ0) is 13.2. The number of likely N-dealkylation sites (tertiary alicyclic amines) is 1. The fourth-order valence-corrected chi connectivity index (χ4v) is 3.21. The van der Waals surface area contributed by atoms with Gasteiger partial charge in [-0.1, -0.05) is 12.1 Å². The number of fused-ring (bicyclic) bond motifs is 1. The first-order chi connectivity index (χ1) is 9.20. The van der Waals surface area contributed by atoms with E-state index in [9.17, 15) is 4.79 Å². The molecule has 3 rings (SSSR count). The first-order valence-electron chi connectivity index (χ1n) is 7.00. The first kappa shape index (κ1) is 15.3. The molecule has 0 unspecified atom stereocenters. The molecule has 1 amide bonds. The molecule has 110 valence electrons. The van der Waals surface area contributed by atoms with Gasteiger partial charge in [0.2, 0.25) is 5.91 Å². The number of benzene rings is 1. The number of carbonyl (C=O) groups excluding carboxylic acids is 1. The average Bonchev–Trinajstić information content (AvgIpc) is 2.89. The van der Waals surface area contributed by atoms with Crippen molar-refractivity contribution in [3.63, 3.8) is 0 Å². The molecule has 0 saturated carbocycles. The van der Waals surface area contributed by atoms with Crippen molar-refractivity contribution in [1.82, 2.24) is 10.2 Å². The molecule has 0 aromatic heterocycles. The number of hydrogen-bond acceptors (Lipinski definition) is 3. The number of carbonyl (C=O) groups is 1. The van der Waals surface area contributed by atoms with Gasteiger partial charge in [0.1, 0.15) is 0 Å². The number of halogens is 1. The average molecular weight is 296 g/mol. The van der Waals surface area contributed by atoms with E-state index in [2.05, 4.69) is 15.5 Å². The molecule has 2 fully saturated rings. The van der Waals surface area contributed by atoms with E-state index in [1.54, 1.807) is 0 Å². The van der Waals surface area contributed by atoms with Crippen molar-refractivity contribution in [3.8, 4) is 0 Å². The molecule has 5 heteroatoms. The van der Waals surface area contributed by atoms with Crippen molar-refractivity contribution in [2.24, 2.45) is 11.8 Å². The summed E-state index contributed by atoms with van der Waals surface area (Å²) in [5, 5.41) is 6.40. The lowest BCUT2D eigenvalue weighted by Gasteiger charge is -2.16. The number of aryl methyl sites for hydroxylation is 1. The van der Waals surface area contributed by atoms with Crippen LogP contribution >= 0.6 is 12.4 Å². The molecule has 4 nitrogen and oxygen atoms in total. The van der Waals surface area contributed by atoms with Crippen LogP contribution in [0.1, 0.15) is 5.56 Å². The van der Waals surface area contributed by atoms with Crippen LogP contribution < -0.4 is 10.6 Å². The number of rotatable bonds is 3. The molecular formula is C15H22ClN3O. The van der Waals surface area contributed by atoms with Gasteiger partial charge in [-0.25, -0.2) is 0 Å². The monoisotopic (exact) mass is 295 g/mol. The number of nitrogens with zero attached hydrogens (tertiary/aromatic N) is 1. The van der Waals surface area contributed by atoms with E-state index in [0.29, 0.717) is 6.54 Å². The lowest BCUT2D eigenvalue weighted by Crippen LogP contribution is -2.33. The molecular weight excluding hydrogens is 274 g/mol. The molecule has 2 N–H and O–H groups in total. The van der Waals surface area contributed by atoms with Crippen molar-refractivity contribution < 1.29 is 4.79 Å². The molecule has 2 aliphatic rings. The van der Waals surface area contributed by atoms with E-state index < -0.39 is 0 Å². The summed E-state index contributed by atoms with van der Waals surface area (Å²) in [6.45, 7) is 6.88. The SMILES string of the molecule is Cc1cccc(NC(=O)CN2C[C@H]3CNC[C@H]3C2)c1.Cl. The Morgan fingerprint density at radius 3 is 2.70 bits per heavy atom. The molecule has 1 aromatic carbocycles. The number of amides is 1. The fraction of sp³-hybridized carbons (Fsp3) is 0.533. The summed E-state index contributed by atoms with van der Waals surface area (Å²) in [7, 11) is 0. The van der Waals surface area contributed by atoms with Crippen LogP contribution in [0.5, 0.6) is 0 Å². The van der Waals surface area contributed by atoms with Crippen LogP contribution in [-0.2, 0) is 4.79 Å². The van der Waals surface area contributed by atoms with E-state index in [1.807, 2.05) is 31.2 Å². The molecule has 0 spiro atoms. The third-order valence-electron chi connectivity index (χ3n) is 4.13. The lowest BCUT2D eigenvalue weighted by atomic mass is 10.0. The first-order valence-corrected chi connectivity index (χ1v) is 7.00. The van der Waals surface area contributed by atoms with Gasteiger partial charge in [-0.15, -0.1) is 12.4 Å². The zero-order valence-electron chi connectivity index (χ0n) is 11.8. The molecule has 2 heterocycles. The summed E-state index contributed by atoms with van der Waals surface area (Å²) < 4.78 is 0. The molecule has 2 atom stereocenters. The minimum absolute atomic E-state index is 0. The highest BCUT2D eigenvalue weighted by molar-refractivity contribution is 5.92. The second-order valence-corrected chi connectivity index (χ2v) is 5.79. The van der Waals surface area contributed by atoms with Gasteiger partial charge < -0.3 is 10.6 Å². The predicted molar refractivity (Wildman–Crippen MR) is 83.3 cm³/mol. The Hall–Kier alpha value is -1.10.